The highest BCUT2D eigenvalue weighted by Gasteiger charge is 2.46. The fraction of sp³-hybridized carbons (Fsp3) is 0.900. The van der Waals surface area contributed by atoms with Crippen LogP contribution in [0.25, 0.3) is 0 Å². The van der Waals surface area contributed by atoms with Crippen molar-refractivity contribution < 1.29 is 0 Å². The Kier molecular flexibility index (Phi) is 3.14. The lowest BCUT2D eigenvalue weighted by Crippen LogP contribution is -2.55. The van der Waals surface area contributed by atoms with Gasteiger partial charge in [-0.15, -0.1) is 11.8 Å². The number of thiocarbonyl (C=S) groups is 1. The Labute approximate surface area is 90.3 Å². The third kappa shape index (κ3) is 1.73. The zero-order chi connectivity index (χ0) is 9.26. The van der Waals surface area contributed by atoms with Crippen molar-refractivity contribution >= 4 is 29.0 Å². The molecule has 2 aliphatic heterocycles. The first kappa shape index (κ1) is 9.78. The molecule has 0 aliphatic carbocycles. The highest BCUT2D eigenvalue weighted by atomic mass is 32.2. The van der Waals surface area contributed by atoms with Crippen LogP contribution in [0.5, 0.6) is 0 Å². The van der Waals surface area contributed by atoms with Gasteiger partial charge in [0.05, 0.1) is 10.4 Å². The topological polar surface area (TPSA) is 3.24 Å². The molecule has 0 N–H and O–H groups in total. The number of thioether (sulfide) groups is 1. The van der Waals surface area contributed by atoms with E-state index < -0.39 is 0 Å². The first-order chi connectivity index (χ1) is 6.34. The molecule has 74 valence electrons. The minimum Gasteiger partial charge on any atom is -0.352 e. The van der Waals surface area contributed by atoms with Crippen LogP contribution in [0.2, 0.25) is 0 Å². The summed E-state index contributed by atoms with van der Waals surface area (Å²) in [6.45, 7) is 3.47. The van der Waals surface area contributed by atoms with E-state index in [2.05, 4.69) is 23.6 Å². The third-order valence-corrected chi connectivity index (χ3v) is 4.87. The molecular formula is C10H17NS2. The first-order valence-electron chi connectivity index (χ1n) is 5.26. The van der Waals surface area contributed by atoms with E-state index in [-0.39, 0.29) is 0 Å². The number of rotatable bonds is 4. The van der Waals surface area contributed by atoms with Gasteiger partial charge in [-0.3, -0.25) is 0 Å². The summed E-state index contributed by atoms with van der Waals surface area (Å²) in [5, 5.41) is 0.768. The van der Waals surface area contributed by atoms with E-state index in [1.165, 1.54) is 43.0 Å². The van der Waals surface area contributed by atoms with Crippen LogP contribution in [0.1, 0.15) is 32.6 Å². The molecule has 1 unspecified atom stereocenters. The Hall–Kier alpha value is 0.240. The number of nitrogens with zero attached hydrogens (tertiary/aromatic N) is 1. The van der Waals surface area contributed by atoms with Crippen molar-refractivity contribution in [1.29, 1.82) is 0 Å². The summed E-state index contributed by atoms with van der Waals surface area (Å²) in [6, 6.07) is 0. The van der Waals surface area contributed by atoms with Gasteiger partial charge in [0.2, 0.25) is 0 Å². The van der Waals surface area contributed by atoms with Gasteiger partial charge in [-0.2, -0.15) is 0 Å². The summed E-state index contributed by atoms with van der Waals surface area (Å²) in [5.41, 5.74) is 0. The Morgan fingerprint density at radius 3 is 3.15 bits per heavy atom. The molecule has 2 aliphatic rings. The predicted molar refractivity (Wildman–Crippen MR) is 63.2 cm³/mol. The van der Waals surface area contributed by atoms with Crippen molar-refractivity contribution in [2.24, 2.45) is 5.92 Å². The number of hydrogen-bond donors (Lipinski definition) is 0. The van der Waals surface area contributed by atoms with Gasteiger partial charge < -0.3 is 4.90 Å². The molecule has 0 radical (unpaired) electrons. The maximum absolute atomic E-state index is 5.40. The number of hydrogen-bond acceptors (Lipinski definition) is 2. The van der Waals surface area contributed by atoms with Crippen LogP contribution in [0, 0.1) is 5.92 Å². The molecule has 2 saturated heterocycles. The van der Waals surface area contributed by atoms with Crippen LogP contribution in [-0.2, 0) is 0 Å². The van der Waals surface area contributed by atoms with Crippen LogP contribution >= 0.6 is 24.0 Å². The van der Waals surface area contributed by atoms with Crippen molar-refractivity contribution in [3.05, 3.63) is 0 Å². The van der Waals surface area contributed by atoms with Crippen LogP contribution < -0.4 is 0 Å². The second-order valence-electron chi connectivity index (χ2n) is 3.90. The molecule has 13 heavy (non-hydrogen) atoms. The Morgan fingerprint density at radius 1 is 1.54 bits per heavy atom. The lowest BCUT2D eigenvalue weighted by molar-refractivity contribution is 0.276. The largest absolute Gasteiger partial charge is 0.352 e. The van der Waals surface area contributed by atoms with Crippen molar-refractivity contribution in [1.82, 2.24) is 4.90 Å². The van der Waals surface area contributed by atoms with Gasteiger partial charge in [0.1, 0.15) is 0 Å². The molecule has 0 bridgehead atoms. The summed E-state index contributed by atoms with van der Waals surface area (Å²) in [7, 11) is 0. The molecule has 0 aromatic rings. The number of unbranched alkanes of at least 4 members (excludes halogenated alkanes) is 2. The lowest BCUT2D eigenvalue weighted by Gasteiger charge is -2.45. The average Bonchev–Trinajstić information content (AvgIpc) is 2.56. The third-order valence-electron chi connectivity index (χ3n) is 2.99. The second-order valence-corrected chi connectivity index (χ2v) is 5.54. The standard InChI is InChI=1S/C10H17NS2/c1-2-3-4-5-8-9(12)11-6-7-13-10(8)11/h8,10H,2-7H2,1H3/t8?,10-/m1/s1. The van der Waals surface area contributed by atoms with Crippen molar-refractivity contribution in [3.63, 3.8) is 0 Å². The summed E-state index contributed by atoms with van der Waals surface area (Å²) >= 11 is 7.51. The van der Waals surface area contributed by atoms with Crippen molar-refractivity contribution in [3.8, 4) is 0 Å². The molecule has 0 spiro atoms. The first-order valence-corrected chi connectivity index (χ1v) is 6.72. The monoisotopic (exact) mass is 215 g/mol. The molecule has 0 aromatic carbocycles. The van der Waals surface area contributed by atoms with Crippen LogP contribution in [0.3, 0.4) is 0 Å². The van der Waals surface area contributed by atoms with Crippen LogP contribution in [0.4, 0.5) is 0 Å². The Bertz CT molecular complexity index is 205. The van der Waals surface area contributed by atoms with Crippen molar-refractivity contribution in [2.45, 2.75) is 38.0 Å². The molecule has 1 nitrogen and oxygen atoms in total. The van der Waals surface area contributed by atoms with E-state index in [4.69, 9.17) is 12.2 Å². The predicted octanol–water partition coefficient (Wildman–Crippen LogP) is 2.90. The fourth-order valence-electron chi connectivity index (χ4n) is 2.19. The summed E-state index contributed by atoms with van der Waals surface area (Å²) in [4.78, 5) is 3.67. The molecule has 0 amide bonds. The lowest BCUT2D eigenvalue weighted by atomic mass is 9.93. The molecule has 2 rings (SSSR count). The van der Waals surface area contributed by atoms with E-state index in [9.17, 15) is 0 Å². The quantitative estimate of drug-likeness (QED) is 0.524. The molecule has 2 fully saturated rings. The maximum atomic E-state index is 5.40. The van der Waals surface area contributed by atoms with Gasteiger partial charge in [-0.25, -0.2) is 0 Å². The minimum absolute atomic E-state index is 0.744. The second kappa shape index (κ2) is 4.18. The molecule has 0 aromatic heterocycles. The van der Waals surface area contributed by atoms with Gasteiger partial charge >= 0.3 is 0 Å². The van der Waals surface area contributed by atoms with Gasteiger partial charge in [0.15, 0.2) is 0 Å². The molecule has 2 heterocycles. The van der Waals surface area contributed by atoms with E-state index in [0.717, 1.165) is 11.3 Å². The van der Waals surface area contributed by atoms with Crippen LogP contribution in [0.15, 0.2) is 0 Å². The van der Waals surface area contributed by atoms with Gasteiger partial charge in [0, 0.05) is 18.2 Å². The maximum Gasteiger partial charge on any atom is 0.0849 e. The Balaban J connectivity index is 1.77. The molecule has 3 heteroatoms. The molecule has 2 atom stereocenters. The normalized spacial score (nSPS) is 31.8. The van der Waals surface area contributed by atoms with E-state index in [1.807, 2.05) is 0 Å². The summed E-state index contributed by atoms with van der Waals surface area (Å²) in [6.07, 6.45) is 5.39. The van der Waals surface area contributed by atoms with Gasteiger partial charge in [-0.1, -0.05) is 38.4 Å². The van der Waals surface area contributed by atoms with E-state index >= 15 is 0 Å². The van der Waals surface area contributed by atoms with Gasteiger partial charge in [0.25, 0.3) is 0 Å². The Morgan fingerprint density at radius 2 is 2.38 bits per heavy atom. The smallest absolute Gasteiger partial charge is 0.0849 e. The zero-order valence-electron chi connectivity index (χ0n) is 8.16. The minimum atomic E-state index is 0.744. The zero-order valence-corrected chi connectivity index (χ0v) is 9.79. The fourth-order valence-corrected chi connectivity index (χ4v) is 4.24. The highest BCUT2D eigenvalue weighted by Crippen LogP contribution is 2.43. The van der Waals surface area contributed by atoms with Crippen LogP contribution in [-0.4, -0.2) is 27.6 Å². The average molecular weight is 215 g/mol. The summed E-state index contributed by atoms with van der Waals surface area (Å²) in [5.74, 6) is 2.03. The van der Waals surface area contributed by atoms with Crippen molar-refractivity contribution in [2.75, 3.05) is 12.3 Å². The molecular weight excluding hydrogens is 198 g/mol. The number of fused-ring (bicyclic) bond motifs is 1. The van der Waals surface area contributed by atoms with Gasteiger partial charge in [-0.05, 0) is 6.42 Å². The summed E-state index contributed by atoms with van der Waals surface area (Å²) < 4.78 is 0. The van der Waals surface area contributed by atoms with E-state index in [0.29, 0.717) is 0 Å². The molecule has 0 saturated carbocycles. The van der Waals surface area contributed by atoms with E-state index in [1.54, 1.807) is 0 Å². The highest BCUT2D eigenvalue weighted by molar-refractivity contribution is 8.00. The SMILES string of the molecule is CCCCCC1C(=S)N2CCS[C@H]12.